The van der Waals surface area contributed by atoms with Gasteiger partial charge in [0.2, 0.25) is 0 Å². The van der Waals surface area contributed by atoms with Crippen LogP contribution in [0.25, 0.3) is 0 Å². The van der Waals surface area contributed by atoms with E-state index in [2.05, 4.69) is 6.92 Å². The predicted octanol–water partition coefficient (Wildman–Crippen LogP) is 2.47. The number of ether oxygens (including phenoxy) is 1. The Labute approximate surface area is 84.9 Å². The van der Waals surface area contributed by atoms with Crippen LogP contribution in [0, 0.1) is 0 Å². The molecule has 1 atom stereocenters. The molecular weight excluding hydrogens is 176 g/mol. The van der Waals surface area contributed by atoms with E-state index in [4.69, 9.17) is 4.74 Å². The van der Waals surface area contributed by atoms with Crippen molar-refractivity contribution in [1.29, 1.82) is 0 Å². The van der Waals surface area contributed by atoms with E-state index < -0.39 is 0 Å². The third kappa shape index (κ3) is 3.30. The van der Waals surface area contributed by atoms with Crippen LogP contribution in [0.1, 0.15) is 29.3 Å². The molecule has 0 aliphatic rings. The minimum absolute atomic E-state index is 0.292. The van der Waals surface area contributed by atoms with Crippen molar-refractivity contribution in [3.05, 3.63) is 35.4 Å². The van der Waals surface area contributed by atoms with E-state index in [0.717, 1.165) is 24.7 Å². The van der Waals surface area contributed by atoms with E-state index in [9.17, 15) is 4.79 Å². The molecule has 14 heavy (non-hydrogen) atoms. The van der Waals surface area contributed by atoms with Crippen LogP contribution in [0.2, 0.25) is 0 Å². The van der Waals surface area contributed by atoms with Gasteiger partial charge in [-0.25, -0.2) is 0 Å². The fourth-order valence-corrected chi connectivity index (χ4v) is 1.25. The molecule has 2 nitrogen and oxygen atoms in total. The maximum absolute atomic E-state index is 10.4. The highest BCUT2D eigenvalue weighted by Crippen LogP contribution is 2.07. The van der Waals surface area contributed by atoms with Gasteiger partial charge in [0.25, 0.3) is 0 Å². The zero-order chi connectivity index (χ0) is 10.4. The molecule has 1 aromatic carbocycles. The van der Waals surface area contributed by atoms with Crippen molar-refractivity contribution < 1.29 is 9.53 Å². The average molecular weight is 192 g/mol. The molecule has 0 bridgehead atoms. The standard InChI is InChI=1S/C12H16O2/c1-10(14-2)3-4-11-5-7-12(9-13)8-6-11/h5-10H,3-4H2,1-2H3. The van der Waals surface area contributed by atoms with Crippen molar-refractivity contribution in [2.45, 2.75) is 25.9 Å². The number of carbonyl (C=O) groups is 1. The van der Waals surface area contributed by atoms with Gasteiger partial charge in [-0.05, 0) is 25.3 Å². The van der Waals surface area contributed by atoms with E-state index >= 15 is 0 Å². The smallest absolute Gasteiger partial charge is 0.150 e. The first-order valence-corrected chi connectivity index (χ1v) is 4.83. The van der Waals surface area contributed by atoms with Gasteiger partial charge in [-0.15, -0.1) is 0 Å². The van der Waals surface area contributed by atoms with Gasteiger partial charge in [-0.1, -0.05) is 24.3 Å². The van der Waals surface area contributed by atoms with Crippen molar-refractivity contribution in [3.8, 4) is 0 Å². The number of carbonyl (C=O) groups excluding carboxylic acids is 1. The highest BCUT2D eigenvalue weighted by atomic mass is 16.5. The Hall–Kier alpha value is -1.15. The third-order valence-corrected chi connectivity index (χ3v) is 2.36. The lowest BCUT2D eigenvalue weighted by molar-refractivity contribution is 0.111. The normalized spacial score (nSPS) is 12.4. The molecule has 2 heteroatoms. The quantitative estimate of drug-likeness (QED) is 0.670. The zero-order valence-corrected chi connectivity index (χ0v) is 8.69. The number of methoxy groups -OCH3 is 1. The Balaban J connectivity index is 2.47. The highest BCUT2D eigenvalue weighted by Gasteiger charge is 2.00. The summed E-state index contributed by atoms with van der Waals surface area (Å²) in [6, 6.07) is 7.68. The molecule has 1 unspecified atom stereocenters. The number of hydrogen-bond acceptors (Lipinski definition) is 2. The maximum Gasteiger partial charge on any atom is 0.150 e. The van der Waals surface area contributed by atoms with Crippen LogP contribution in [0.5, 0.6) is 0 Å². The first-order chi connectivity index (χ1) is 6.76. The van der Waals surface area contributed by atoms with Gasteiger partial charge in [0.15, 0.2) is 0 Å². The van der Waals surface area contributed by atoms with Crippen molar-refractivity contribution >= 4 is 6.29 Å². The molecule has 0 radical (unpaired) electrons. The van der Waals surface area contributed by atoms with Gasteiger partial charge in [0.05, 0.1) is 6.10 Å². The van der Waals surface area contributed by atoms with Crippen LogP contribution in [0.3, 0.4) is 0 Å². The summed E-state index contributed by atoms with van der Waals surface area (Å²) in [6.07, 6.45) is 3.16. The summed E-state index contributed by atoms with van der Waals surface area (Å²) in [6.45, 7) is 2.06. The topological polar surface area (TPSA) is 26.3 Å². The van der Waals surface area contributed by atoms with E-state index in [1.54, 1.807) is 7.11 Å². The van der Waals surface area contributed by atoms with Crippen LogP contribution < -0.4 is 0 Å². The Bertz CT molecular complexity index is 277. The second-order valence-corrected chi connectivity index (χ2v) is 3.44. The van der Waals surface area contributed by atoms with Crippen LogP contribution in [0.4, 0.5) is 0 Å². The lowest BCUT2D eigenvalue weighted by Gasteiger charge is -2.08. The minimum Gasteiger partial charge on any atom is -0.382 e. The van der Waals surface area contributed by atoms with Crippen LogP contribution >= 0.6 is 0 Å². The Kier molecular flexibility index (Phi) is 4.33. The van der Waals surface area contributed by atoms with Crippen molar-refractivity contribution in [2.75, 3.05) is 7.11 Å². The fourth-order valence-electron chi connectivity index (χ4n) is 1.25. The molecule has 76 valence electrons. The summed E-state index contributed by atoms with van der Waals surface area (Å²) in [5.41, 5.74) is 1.98. The monoisotopic (exact) mass is 192 g/mol. The zero-order valence-electron chi connectivity index (χ0n) is 8.69. The van der Waals surface area contributed by atoms with Crippen molar-refractivity contribution in [3.63, 3.8) is 0 Å². The Morgan fingerprint density at radius 1 is 1.36 bits per heavy atom. The van der Waals surface area contributed by atoms with Gasteiger partial charge < -0.3 is 4.74 Å². The summed E-state index contributed by atoms with van der Waals surface area (Å²) >= 11 is 0. The lowest BCUT2D eigenvalue weighted by Crippen LogP contribution is -2.05. The van der Waals surface area contributed by atoms with Gasteiger partial charge in [-0.3, -0.25) is 4.79 Å². The molecular formula is C12H16O2. The van der Waals surface area contributed by atoms with Gasteiger partial charge >= 0.3 is 0 Å². The SMILES string of the molecule is COC(C)CCc1ccc(C=O)cc1. The number of aldehydes is 1. The second kappa shape index (κ2) is 5.55. The molecule has 0 fully saturated rings. The molecule has 1 rings (SSSR count). The van der Waals surface area contributed by atoms with E-state index in [1.807, 2.05) is 24.3 Å². The minimum atomic E-state index is 0.292. The van der Waals surface area contributed by atoms with Gasteiger partial charge in [-0.2, -0.15) is 0 Å². The number of hydrogen-bond donors (Lipinski definition) is 0. The van der Waals surface area contributed by atoms with Crippen molar-refractivity contribution in [2.24, 2.45) is 0 Å². The molecule has 0 amide bonds. The van der Waals surface area contributed by atoms with Gasteiger partial charge in [0, 0.05) is 12.7 Å². The van der Waals surface area contributed by atoms with Crippen LogP contribution in [-0.4, -0.2) is 19.5 Å². The van der Waals surface area contributed by atoms with E-state index in [-0.39, 0.29) is 0 Å². The Morgan fingerprint density at radius 2 is 2.00 bits per heavy atom. The van der Waals surface area contributed by atoms with Crippen molar-refractivity contribution in [1.82, 2.24) is 0 Å². The molecule has 0 saturated carbocycles. The average Bonchev–Trinajstić information content (AvgIpc) is 2.26. The summed E-state index contributed by atoms with van der Waals surface area (Å²) in [5, 5.41) is 0. The van der Waals surface area contributed by atoms with Crippen LogP contribution in [-0.2, 0) is 11.2 Å². The largest absolute Gasteiger partial charge is 0.382 e. The molecule has 0 aliphatic heterocycles. The molecule has 0 aromatic heterocycles. The van der Waals surface area contributed by atoms with E-state index in [1.165, 1.54) is 5.56 Å². The second-order valence-electron chi connectivity index (χ2n) is 3.44. The summed E-state index contributed by atoms with van der Waals surface area (Å²) in [5.74, 6) is 0. The fraction of sp³-hybridized carbons (Fsp3) is 0.417. The van der Waals surface area contributed by atoms with E-state index in [0.29, 0.717) is 6.10 Å². The molecule has 0 spiro atoms. The molecule has 0 aliphatic carbocycles. The Morgan fingerprint density at radius 3 is 2.50 bits per heavy atom. The molecule has 0 saturated heterocycles. The molecule has 0 N–H and O–H groups in total. The molecule has 0 heterocycles. The predicted molar refractivity (Wildman–Crippen MR) is 56.6 cm³/mol. The third-order valence-electron chi connectivity index (χ3n) is 2.36. The summed E-state index contributed by atoms with van der Waals surface area (Å²) < 4.78 is 5.16. The number of rotatable bonds is 5. The van der Waals surface area contributed by atoms with Gasteiger partial charge in [0.1, 0.15) is 6.29 Å². The highest BCUT2D eigenvalue weighted by molar-refractivity contribution is 5.74. The number of benzene rings is 1. The number of aryl methyl sites for hydroxylation is 1. The summed E-state index contributed by atoms with van der Waals surface area (Å²) in [7, 11) is 1.72. The first kappa shape index (κ1) is 10.9. The summed E-state index contributed by atoms with van der Waals surface area (Å²) in [4.78, 5) is 10.4. The lowest BCUT2D eigenvalue weighted by atomic mass is 10.1. The maximum atomic E-state index is 10.4. The molecule has 1 aromatic rings. The van der Waals surface area contributed by atoms with Crippen LogP contribution in [0.15, 0.2) is 24.3 Å². The first-order valence-electron chi connectivity index (χ1n) is 4.83.